The van der Waals surface area contributed by atoms with Gasteiger partial charge in [0.2, 0.25) is 5.72 Å². The van der Waals surface area contributed by atoms with E-state index in [9.17, 15) is 33.0 Å². The standard InChI is InChI=1S/C19H17F3N2O5/c1-29-13-8-4-11(5-9-13)16(26)14-15(10-2-6-12(25)7-3-10)23-17(27)24-18(14,28)19(20,21)22/h2-9,14-15,25,28H,1H3,(H2,23,24,27)/t14-,15-,18-/m1/s1. The van der Waals surface area contributed by atoms with Crippen LogP contribution in [-0.4, -0.2) is 41.0 Å². The van der Waals surface area contributed by atoms with Gasteiger partial charge in [-0.05, 0) is 42.0 Å². The van der Waals surface area contributed by atoms with Gasteiger partial charge in [0.25, 0.3) is 0 Å². The van der Waals surface area contributed by atoms with Crippen LogP contribution in [0.4, 0.5) is 18.0 Å². The van der Waals surface area contributed by atoms with Crippen LogP contribution in [-0.2, 0) is 0 Å². The summed E-state index contributed by atoms with van der Waals surface area (Å²) in [6, 6.07) is 7.44. The number of amides is 2. The van der Waals surface area contributed by atoms with Crippen molar-refractivity contribution in [3.05, 3.63) is 59.7 Å². The Balaban J connectivity index is 2.13. The largest absolute Gasteiger partial charge is 0.508 e. The average Bonchev–Trinajstić information content (AvgIpc) is 2.67. The number of nitrogens with one attached hydrogen (secondary N) is 2. The molecular formula is C19H17F3N2O5. The Morgan fingerprint density at radius 2 is 1.69 bits per heavy atom. The molecule has 2 amide bonds. The minimum atomic E-state index is -5.34. The van der Waals surface area contributed by atoms with Crippen LogP contribution in [0.5, 0.6) is 11.5 Å². The quantitative estimate of drug-likeness (QED) is 0.580. The SMILES string of the molecule is COc1ccc(C(=O)[C@H]2[C@@H](c3ccc(O)cc3)NC(=O)N[C@]2(O)C(F)(F)F)cc1. The number of ketones is 1. The average molecular weight is 410 g/mol. The maximum Gasteiger partial charge on any atom is 0.437 e. The minimum absolute atomic E-state index is 0.104. The van der Waals surface area contributed by atoms with Crippen molar-refractivity contribution >= 4 is 11.8 Å². The van der Waals surface area contributed by atoms with Crippen molar-refractivity contribution in [3.8, 4) is 11.5 Å². The molecule has 0 saturated carbocycles. The van der Waals surface area contributed by atoms with E-state index < -0.39 is 35.7 Å². The summed E-state index contributed by atoms with van der Waals surface area (Å²) in [6.45, 7) is 0. The van der Waals surface area contributed by atoms with E-state index in [2.05, 4.69) is 5.32 Å². The van der Waals surface area contributed by atoms with Gasteiger partial charge in [-0.3, -0.25) is 4.79 Å². The highest BCUT2D eigenvalue weighted by molar-refractivity contribution is 6.00. The molecule has 7 nitrogen and oxygen atoms in total. The molecule has 1 aliphatic rings. The highest BCUT2D eigenvalue weighted by atomic mass is 19.4. The van der Waals surface area contributed by atoms with Crippen LogP contribution in [0.2, 0.25) is 0 Å². The number of hydrogen-bond acceptors (Lipinski definition) is 5. The summed E-state index contributed by atoms with van der Waals surface area (Å²) in [7, 11) is 1.39. The molecule has 154 valence electrons. The van der Waals surface area contributed by atoms with Crippen LogP contribution < -0.4 is 15.4 Å². The highest BCUT2D eigenvalue weighted by Gasteiger charge is 2.66. The molecule has 0 aromatic heterocycles. The lowest BCUT2D eigenvalue weighted by atomic mass is 9.77. The summed E-state index contributed by atoms with van der Waals surface area (Å²) < 4.78 is 46.3. The molecule has 1 saturated heterocycles. The molecule has 2 aromatic rings. The number of aromatic hydroxyl groups is 1. The number of phenolic OH excluding ortho intramolecular Hbond substituents is 1. The highest BCUT2D eigenvalue weighted by Crippen LogP contribution is 2.44. The number of Topliss-reactive ketones (excluding diaryl/α,β-unsaturated/α-hetero) is 1. The van der Waals surface area contributed by atoms with Crippen molar-refractivity contribution in [2.45, 2.75) is 17.9 Å². The van der Waals surface area contributed by atoms with Crippen LogP contribution in [0.15, 0.2) is 48.5 Å². The number of halogens is 3. The zero-order valence-electron chi connectivity index (χ0n) is 15.0. The first-order chi connectivity index (χ1) is 13.6. The molecule has 1 fully saturated rings. The van der Waals surface area contributed by atoms with E-state index in [0.717, 1.165) is 0 Å². The number of aliphatic hydroxyl groups is 1. The maximum atomic E-state index is 13.8. The Hall–Kier alpha value is -3.27. The molecule has 10 heteroatoms. The summed E-state index contributed by atoms with van der Waals surface area (Å²) in [5, 5.41) is 23.6. The van der Waals surface area contributed by atoms with Gasteiger partial charge in [0.05, 0.1) is 13.2 Å². The fraction of sp³-hybridized carbons (Fsp3) is 0.263. The van der Waals surface area contributed by atoms with Crippen LogP contribution >= 0.6 is 0 Å². The third-order valence-electron chi connectivity index (χ3n) is 4.72. The van der Waals surface area contributed by atoms with Crippen LogP contribution in [0.3, 0.4) is 0 Å². The van der Waals surface area contributed by atoms with E-state index in [1.807, 2.05) is 0 Å². The zero-order valence-corrected chi connectivity index (χ0v) is 15.0. The van der Waals surface area contributed by atoms with Crippen molar-refractivity contribution < 1.29 is 37.7 Å². The zero-order chi connectivity index (χ0) is 21.4. The lowest BCUT2D eigenvalue weighted by Crippen LogP contribution is -2.72. The van der Waals surface area contributed by atoms with Gasteiger partial charge in [-0.2, -0.15) is 13.2 Å². The smallest absolute Gasteiger partial charge is 0.437 e. The predicted molar refractivity (Wildman–Crippen MR) is 94.3 cm³/mol. The van der Waals surface area contributed by atoms with Gasteiger partial charge in [0.1, 0.15) is 17.4 Å². The number of benzene rings is 2. The van der Waals surface area contributed by atoms with Gasteiger partial charge < -0.3 is 25.6 Å². The lowest BCUT2D eigenvalue weighted by molar-refractivity contribution is -0.287. The molecule has 0 bridgehead atoms. The Labute approximate surface area is 163 Å². The molecule has 29 heavy (non-hydrogen) atoms. The molecule has 0 aliphatic carbocycles. The van der Waals surface area contributed by atoms with Gasteiger partial charge in [0, 0.05) is 5.56 Å². The summed E-state index contributed by atoms with van der Waals surface area (Å²) >= 11 is 0. The Bertz CT molecular complexity index is 915. The van der Waals surface area contributed by atoms with E-state index in [1.54, 1.807) is 0 Å². The number of ether oxygens (including phenoxy) is 1. The van der Waals surface area contributed by atoms with E-state index in [1.165, 1.54) is 61.0 Å². The second-order valence-electron chi connectivity index (χ2n) is 6.50. The maximum absolute atomic E-state index is 13.8. The van der Waals surface area contributed by atoms with Gasteiger partial charge in [0.15, 0.2) is 5.78 Å². The van der Waals surface area contributed by atoms with Crippen molar-refractivity contribution in [2.75, 3.05) is 7.11 Å². The third kappa shape index (κ3) is 3.70. The van der Waals surface area contributed by atoms with Gasteiger partial charge >= 0.3 is 12.2 Å². The summed E-state index contributed by atoms with van der Waals surface area (Å²) in [5.41, 5.74) is -3.82. The second-order valence-corrected chi connectivity index (χ2v) is 6.50. The Morgan fingerprint density at radius 3 is 2.21 bits per heavy atom. The van der Waals surface area contributed by atoms with E-state index in [4.69, 9.17) is 4.74 Å². The molecule has 0 radical (unpaired) electrons. The Morgan fingerprint density at radius 1 is 1.10 bits per heavy atom. The second kappa shape index (κ2) is 7.28. The van der Waals surface area contributed by atoms with Crippen molar-refractivity contribution in [2.24, 2.45) is 5.92 Å². The molecule has 3 rings (SSSR count). The fourth-order valence-electron chi connectivity index (χ4n) is 3.23. The van der Waals surface area contributed by atoms with Crippen molar-refractivity contribution in [1.29, 1.82) is 0 Å². The monoisotopic (exact) mass is 410 g/mol. The first-order valence-electron chi connectivity index (χ1n) is 8.42. The number of hydrogen-bond donors (Lipinski definition) is 4. The Kier molecular flexibility index (Phi) is 5.14. The number of carbonyl (C=O) groups is 2. The first kappa shape index (κ1) is 20.5. The van der Waals surface area contributed by atoms with Crippen LogP contribution in [0, 0.1) is 5.92 Å². The topological polar surface area (TPSA) is 108 Å². The lowest BCUT2D eigenvalue weighted by Gasteiger charge is -2.45. The van der Waals surface area contributed by atoms with Crippen molar-refractivity contribution in [1.82, 2.24) is 10.6 Å². The van der Waals surface area contributed by atoms with E-state index >= 15 is 0 Å². The number of rotatable bonds is 4. The normalized spacial score (nSPS) is 24.4. The number of methoxy groups -OCH3 is 1. The molecule has 0 spiro atoms. The molecule has 0 unspecified atom stereocenters. The summed E-state index contributed by atoms with van der Waals surface area (Å²) in [5.74, 6) is -2.95. The van der Waals surface area contributed by atoms with Crippen molar-refractivity contribution in [3.63, 3.8) is 0 Å². The molecule has 3 atom stereocenters. The predicted octanol–water partition coefficient (Wildman–Crippen LogP) is 2.50. The number of alkyl halides is 3. The van der Waals surface area contributed by atoms with E-state index in [0.29, 0.717) is 5.75 Å². The number of carbonyl (C=O) groups excluding carboxylic acids is 2. The van der Waals surface area contributed by atoms with Gasteiger partial charge in [-0.1, -0.05) is 12.1 Å². The molecule has 1 aliphatic heterocycles. The molecular weight excluding hydrogens is 393 g/mol. The van der Waals surface area contributed by atoms with Gasteiger partial charge in [-0.15, -0.1) is 0 Å². The number of phenols is 1. The summed E-state index contributed by atoms with van der Waals surface area (Å²) in [4.78, 5) is 25.0. The van der Waals surface area contributed by atoms with Crippen LogP contribution in [0.1, 0.15) is 22.0 Å². The first-order valence-corrected chi connectivity index (χ1v) is 8.42. The van der Waals surface area contributed by atoms with E-state index in [-0.39, 0.29) is 16.9 Å². The molecule has 2 aromatic carbocycles. The minimum Gasteiger partial charge on any atom is -0.508 e. The third-order valence-corrected chi connectivity index (χ3v) is 4.72. The summed E-state index contributed by atoms with van der Waals surface area (Å²) in [6.07, 6.45) is -5.34. The molecule has 4 N–H and O–H groups in total. The molecule has 1 heterocycles. The van der Waals surface area contributed by atoms with Crippen LogP contribution in [0.25, 0.3) is 0 Å². The number of urea groups is 1. The fourth-order valence-corrected chi connectivity index (χ4v) is 3.23. The van der Waals surface area contributed by atoms with Gasteiger partial charge in [-0.25, -0.2) is 4.79 Å².